The van der Waals surface area contributed by atoms with Crippen LogP contribution in [0.3, 0.4) is 0 Å². The topological polar surface area (TPSA) is 57.5 Å². The predicted octanol–water partition coefficient (Wildman–Crippen LogP) is 5.08. The smallest absolute Gasteiger partial charge is 0.303 e. The highest BCUT2D eigenvalue weighted by Gasteiger charge is 2.00. The number of carbonyl (C=O) groups is 1. The van der Waals surface area contributed by atoms with E-state index in [1.807, 2.05) is 6.08 Å². The fourth-order valence-electron chi connectivity index (χ4n) is 2.38. The highest BCUT2D eigenvalue weighted by molar-refractivity contribution is 5.66. The summed E-state index contributed by atoms with van der Waals surface area (Å²) in [6.07, 6.45) is 17.3. The van der Waals surface area contributed by atoms with Crippen LogP contribution in [0.25, 0.3) is 0 Å². The van der Waals surface area contributed by atoms with E-state index in [0.717, 1.165) is 44.9 Å². The Morgan fingerprint density at radius 2 is 1.57 bits per heavy atom. The maximum absolute atomic E-state index is 10.3. The minimum absolute atomic E-state index is 0.281. The second-order valence-electron chi connectivity index (χ2n) is 5.90. The van der Waals surface area contributed by atoms with Crippen molar-refractivity contribution in [2.24, 2.45) is 0 Å². The summed E-state index contributed by atoms with van der Waals surface area (Å²) in [5.74, 6) is -0.703. The lowest BCUT2D eigenvalue weighted by Crippen LogP contribution is -2.01. The molecule has 0 radical (unpaired) electrons. The molecule has 3 nitrogen and oxygen atoms in total. The Morgan fingerprint density at radius 3 is 2.29 bits per heavy atom. The maximum Gasteiger partial charge on any atom is 0.303 e. The molecule has 0 saturated heterocycles. The van der Waals surface area contributed by atoms with Gasteiger partial charge in [0.15, 0.2) is 0 Å². The standard InChI is InChI=1S/C18H34O3/c1-2-3-4-5-6-8-11-14-17(19)15-12-9-7-10-13-16-18(20)21/h11,14,17,19H,2-10,12-13,15-16H2,1H3,(H,20,21)/b14-11+/t17-/m1/s1. The molecule has 0 aromatic rings. The van der Waals surface area contributed by atoms with Gasteiger partial charge < -0.3 is 10.2 Å². The third kappa shape index (κ3) is 17.1. The lowest BCUT2D eigenvalue weighted by Gasteiger charge is -2.05. The van der Waals surface area contributed by atoms with Crippen molar-refractivity contribution < 1.29 is 15.0 Å². The van der Waals surface area contributed by atoms with Crippen LogP contribution in [0.5, 0.6) is 0 Å². The number of rotatable bonds is 15. The molecule has 0 unspecified atom stereocenters. The Kier molecular flexibility index (Phi) is 14.9. The van der Waals surface area contributed by atoms with Gasteiger partial charge in [-0.1, -0.05) is 70.4 Å². The van der Waals surface area contributed by atoms with Crippen molar-refractivity contribution in [1.82, 2.24) is 0 Å². The van der Waals surface area contributed by atoms with Gasteiger partial charge in [-0.05, 0) is 25.7 Å². The van der Waals surface area contributed by atoms with E-state index in [0.29, 0.717) is 0 Å². The summed E-state index contributed by atoms with van der Waals surface area (Å²) in [4.78, 5) is 10.3. The van der Waals surface area contributed by atoms with Crippen LogP contribution in [0.1, 0.15) is 90.4 Å². The fraction of sp³-hybridized carbons (Fsp3) is 0.833. The molecular formula is C18H34O3. The lowest BCUT2D eigenvalue weighted by atomic mass is 10.1. The van der Waals surface area contributed by atoms with Crippen molar-refractivity contribution in [3.63, 3.8) is 0 Å². The number of carboxylic acid groups (broad SMARTS) is 1. The van der Waals surface area contributed by atoms with Gasteiger partial charge in [0.05, 0.1) is 6.10 Å². The van der Waals surface area contributed by atoms with E-state index in [1.54, 1.807) is 0 Å². The van der Waals surface area contributed by atoms with Crippen molar-refractivity contribution in [3.05, 3.63) is 12.2 Å². The van der Waals surface area contributed by atoms with E-state index in [-0.39, 0.29) is 12.5 Å². The predicted molar refractivity (Wildman–Crippen MR) is 88.5 cm³/mol. The molecule has 1 atom stereocenters. The molecule has 0 heterocycles. The molecule has 0 spiro atoms. The van der Waals surface area contributed by atoms with Gasteiger partial charge in [-0.15, -0.1) is 0 Å². The zero-order valence-electron chi connectivity index (χ0n) is 13.7. The Morgan fingerprint density at radius 1 is 0.952 bits per heavy atom. The van der Waals surface area contributed by atoms with E-state index in [1.165, 1.54) is 32.1 Å². The summed E-state index contributed by atoms with van der Waals surface area (Å²) in [6.45, 7) is 2.22. The number of allylic oxidation sites excluding steroid dienone is 1. The maximum atomic E-state index is 10.3. The zero-order chi connectivity index (χ0) is 15.8. The van der Waals surface area contributed by atoms with Crippen LogP contribution >= 0.6 is 0 Å². The minimum atomic E-state index is -0.703. The van der Waals surface area contributed by atoms with Crippen LogP contribution in [0, 0.1) is 0 Å². The van der Waals surface area contributed by atoms with E-state index in [9.17, 15) is 9.90 Å². The zero-order valence-corrected chi connectivity index (χ0v) is 13.7. The molecule has 0 aliphatic rings. The quantitative estimate of drug-likeness (QED) is 0.327. The molecule has 2 N–H and O–H groups in total. The van der Waals surface area contributed by atoms with Gasteiger partial charge in [0.25, 0.3) is 0 Å². The second kappa shape index (κ2) is 15.6. The third-order valence-corrected chi connectivity index (χ3v) is 3.72. The summed E-state index contributed by atoms with van der Waals surface area (Å²) in [7, 11) is 0. The number of unbranched alkanes of at least 4 members (excludes halogenated alkanes) is 9. The lowest BCUT2D eigenvalue weighted by molar-refractivity contribution is -0.137. The highest BCUT2D eigenvalue weighted by atomic mass is 16.4. The molecule has 21 heavy (non-hydrogen) atoms. The summed E-state index contributed by atoms with van der Waals surface area (Å²) in [5.41, 5.74) is 0. The number of aliphatic carboxylic acids is 1. The summed E-state index contributed by atoms with van der Waals surface area (Å²) in [6, 6.07) is 0. The number of hydrogen-bond donors (Lipinski definition) is 2. The average Bonchev–Trinajstić information content (AvgIpc) is 2.45. The van der Waals surface area contributed by atoms with E-state index in [2.05, 4.69) is 13.0 Å². The molecule has 0 aliphatic heterocycles. The van der Waals surface area contributed by atoms with Crippen molar-refractivity contribution in [3.8, 4) is 0 Å². The largest absolute Gasteiger partial charge is 0.481 e. The van der Waals surface area contributed by atoms with Crippen LogP contribution in [-0.2, 0) is 4.79 Å². The molecule has 124 valence electrons. The molecule has 3 heteroatoms. The first-order chi connectivity index (χ1) is 10.2. The number of carboxylic acids is 1. The Labute approximate surface area is 130 Å². The third-order valence-electron chi connectivity index (χ3n) is 3.72. The number of aliphatic hydroxyl groups excluding tert-OH is 1. The van der Waals surface area contributed by atoms with Crippen LogP contribution in [0.2, 0.25) is 0 Å². The molecule has 0 aromatic heterocycles. The first-order valence-corrected chi connectivity index (χ1v) is 8.73. The van der Waals surface area contributed by atoms with Gasteiger partial charge in [0.1, 0.15) is 0 Å². The molecule has 0 rings (SSSR count). The van der Waals surface area contributed by atoms with E-state index in [4.69, 9.17) is 5.11 Å². The molecule has 0 aromatic carbocycles. The number of aliphatic hydroxyl groups is 1. The molecule has 0 amide bonds. The SMILES string of the molecule is CCCCCCC/C=C/[C@@H](O)CCCCCCCC(=O)O. The van der Waals surface area contributed by atoms with Gasteiger partial charge >= 0.3 is 5.97 Å². The molecule has 0 bridgehead atoms. The Hall–Kier alpha value is -0.830. The van der Waals surface area contributed by atoms with Gasteiger partial charge in [0, 0.05) is 6.42 Å². The summed E-state index contributed by atoms with van der Waals surface area (Å²) < 4.78 is 0. The molecule has 0 fully saturated rings. The van der Waals surface area contributed by atoms with Crippen LogP contribution in [-0.4, -0.2) is 22.3 Å². The molecule has 0 saturated carbocycles. The Balaban J connectivity index is 3.29. The fourth-order valence-corrected chi connectivity index (χ4v) is 2.38. The summed E-state index contributed by atoms with van der Waals surface area (Å²) >= 11 is 0. The summed E-state index contributed by atoms with van der Waals surface area (Å²) in [5, 5.41) is 18.3. The normalized spacial score (nSPS) is 12.9. The van der Waals surface area contributed by atoms with Crippen molar-refractivity contribution in [2.75, 3.05) is 0 Å². The van der Waals surface area contributed by atoms with Crippen molar-refractivity contribution in [1.29, 1.82) is 0 Å². The van der Waals surface area contributed by atoms with Gasteiger partial charge in [-0.25, -0.2) is 0 Å². The number of hydrogen-bond acceptors (Lipinski definition) is 2. The minimum Gasteiger partial charge on any atom is -0.481 e. The highest BCUT2D eigenvalue weighted by Crippen LogP contribution is 2.10. The Bertz CT molecular complexity index is 261. The average molecular weight is 298 g/mol. The molecule has 0 aliphatic carbocycles. The van der Waals surface area contributed by atoms with Crippen LogP contribution < -0.4 is 0 Å². The van der Waals surface area contributed by atoms with Crippen LogP contribution in [0.4, 0.5) is 0 Å². The van der Waals surface area contributed by atoms with E-state index < -0.39 is 5.97 Å². The van der Waals surface area contributed by atoms with Gasteiger partial charge in [-0.3, -0.25) is 4.79 Å². The van der Waals surface area contributed by atoms with E-state index >= 15 is 0 Å². The van der Waals surface area contributed by atoms with Crippen molar-refractivity contribution in [2.45, 2.75) is 96.5 Å². The van der Waals surface area contributed by atoms with Crippen molar-refractivity contribution >= 4 is 5.97 Å². The molecular weight excluding hydrogens is 264 g/mol. The van der Waals surface area contributed by atoms with Crippen LogP contribution in [0.15, 0.2) is 12.2 Å². The first-order valence-electron chi connectivity index (χ1n) is 8.73. The van der Waals surface area contributed by atoms with Gasteiger partial charge in [0.2, 0.25) is 0 Å². The second-order valence-corrected chi connectivity index (χ2v) is 5.90. The first kappa shape index (κ1) is 20.2. The monoisotopic (exact) mass is 298 g/mol. The van der Waals surface area contributed by atoms with Gasteiger partial charge in [-0.2, -0.15) is 0 Å².